The second-order valence-corrected chi connectivity index (χ2v) is 15.5. The number of benzene rings is 1. The zero-order valence-corrected chi connectivity index (χ0v) is 21.0. The van der Waals surface area contributed by atoms with Gasteiger partial charge in [0.1, 0.15) is 23.2 Å². The third-order valence-corrected chi connectivity index (χ3v) is 7.40. The third-order valence-electron chi connectivity index (χ3n) is 5.31. The topological polar surface area (TPSA) is 106 Å². The van der Waals surface area contributed by atoms with Gasteiger partial charge < -0.3 is 14.2 Å². The molecule has 2 aromatic rings. The van der Waals surface area contributed by atoms with Crippen LogP contribution in [0.15, 0.2) is 34.9 Å². The maximum atomic E-state index is 12.1. The van der Waals surface area contributed by atoms with Gasteiger partial charge in [0.05, 0.1) is 4.92 Å². The minimum absolute atomic E-state index is 0.0726. The molecule has 0 bridgehead atoms. The molecule has 1 aromatic carbocycles. The van der Waals surface area contributed by atoms with E-state index in [-0.39, 0.29) is 23.5 Å². The molecular formula is C21H28BrN3O6Si. The Kier molecular flexibility index (Phi) is 8.07. The normalized spacial score (nSPS) is 18.5. The summed E-state index contributed by atoms with van der Waals surface area (Å²) in [5, 5.41) is 15.2. The molecule has 9 nitrogen and oxygen atoms in total. The predicted molar refractivity (Wildman–Crippen MR) is 125 cm³/mol. The number of halogens is 1. The maximum Gasteiger partial charge on any atom is 0.514 e. The third kappa shape index (κ3) is 7.14. The van der Waals surface area contributed by atoms with Crippen molar-refractivity contribution in [2.75, 3.05) is 6.61 Å². The number of hydrogen-bond acceptors (Lipinski definition) is 7. The summed E-state index contributed by atoms with van der Waals surface area (Å²) < 4.78 is 19.1. The molecule has 11 heteroatoms. The summed E-state index contributed by atoms with van der Waals surface area (Å²) in [5.41, 5.74) is 0.983. The summed E-state index contributed by atoms with van der Waals surface area (Å²) in [4.78, 5) is 22.3. The highest BCUT2D eigenvalue weighted by atomic mass is 79.9. The van der Waals surface area contributed by atoms with Crippen molar-refractivity contribution in [1.29, 1.82) is 0 Å². The van der Waals surface area contributed by atoms with Gasteiger partial charge in [0.15, 0.2) is 0 Å². The summed E-state index contributed by atoms with van der Waals surface area (Å²) >= 11 is 3.45. The number of nitro benzene ring substituents is 1. The second-order valence-electron chi connectivity index (χ2n) is 9.09. The molecule has 2 unspecified atom stereocenters. The fraction of sp³-hybridized carbons (Fsp3) is 0.524. The summed E-state index contributed by atoms with van der Waals surface area (Å²) in [6.07, 6.45) is 1.18. The molecule has 1 aliphatic carbocycles. The highest BCUT2D eigenvalue weighted by molar-refractivity contribution is 9.10. The summed E-state index contributed by atoms with van der Waals surface area (Å²) in [7, 11) is -1.14. The predicted octanol–water partition coefficient (Wildman–Crippen LogP) is 5.72. The largest absolute Gasteiger partial charge is 0.514 e. The fourth-order valence-corrected chi connectivity index (χ4v) is 4.75. The second kappa shape index (κ2) is 10.6. The first kappa shape index (κ1) is 24.4. The Balaban J connectivity index is 1.50. The Labute approximate surface area is 196 Å². The van der Waals surface area contributed by atoms with Gasteiger partial charge in [-0.15, -0.1) is 0 Å². The van der Waals surface area contributed by atoms with Gasteiger partial charge in [-0.1, -0.05) is 19.6 Å². The number of carbonyl (C=O) groups excluding carboxylic acids is 1. The number of rotatable bonds is 9. The number of non-ortho nitro benzene ring substituents is 1. The van der Waals surface area contributed by atoms with Crippen LogP contribution in [0.2, 0.25) is 25.7 Å². The van der Waals surface area contributed by atoms with Crippen LogP contribution in [0.25, 0.3) is 0 Å². The molecule has 0 radical (unpaired) electrons. The van der Waals surface area contributed by atoms with Crippen LogP contribution in [0.3, 0.4) is 0 Å². The molecule has 1 aromatic heterocycles. The van der Waals surface area contributed by atoms with Gasteiger partial charge in [0, 0.05) is 38.4 Å². The molecule has 0 spiro atoms. The van der Waals surface area contributed by atoms with E-state index in [2.05, 4.69) is 40.7 Å². The molecular weight excluding hydrogens is 498 g/mol. The van der Waals surface area contributed by atoms with E-state index in [4.69, 9.17) is 14.2 Å². The molecule has 1 aliphatic rings. The number of carbonyl (C=O) groups is 1. The number of nitro groups is 1. The number of ether oxygens (including phenoxy) is 3. The van der Waals surface area contributed by atoms with Crippen LogP contribution in [-0.2, 0) is 16.2 Å². The smallest absolute Gasteiger partial charge is 0.431 e. The van der Waals surface area contributed by atoms with Gasteiger partial charge >= 0.3 is 6.16 Å². The minimum Gasteiger partial charge on any atom is -0.431 e. The number of hydrogen-bond donors (Lipinski definition) is 0. The van der Waals surface area contributed by atoms with E-state index >= 15 is 0 Å². The van der Waals surface area contributed by atoms with Crippen molar-refractivity contribution in [3.8, 4) is 5.75 Å². The van der Waals surface area contributed by atoms with Crippen LogP contribution in [0.4, 0.5) is 10.5 Å². The quantitative estimate of drug-likeness (QED) is 0.103. The average molecular weight is 526 g/mol. The molecule has 2 atom stereocenters. The van der Waals surface area contributed by atoms with Crippen molar-refractivity contribution in [3.63, 3.8) is 0 Å². The van der Waals surface area contributed by atoms with Crippen LogP contribution in [0.5, 0.6) is 5.75 Å². The van der Waals surface area contributed by atoms with Crippen molar-refractivity contribution in [1.82, 2.24) is 9.78 Å². The molecule has 0 amide bonds. The van der Waals surface area contributed by atoms with Crippen molar-refractivity contribution in [2.45, 2.75) is 63.7 Å². The first-order valence-electron chi connectivity index (χ1n) is 10.5. The SMILES string of the molecule is C[Si](C)(C)CCOCn1nc(Br)cc1C1CCC(OC(=O)Oc2ccc([N+](=O)[O-])cc2)C1. The van der Waals surface area contributed by atoms with Crippen LogP contribution < -0.4 is 4.74 Å². The standard InChI is InChI=1S/C21H28BrN3O6Si/c1-32(2,3)11-10-29-14-24-19(13-20(22)23-24)15-4-7-18(12-15)31-21(26)30-17-8-5-16(6-9-17)25(27)28/h5-6,8-9,13,15,18H,4,7,10-12,14H2,1-3H3. The van der Waals surface area contributed by atoms with E-state index in [0.29, 0.717) is 13.2 Å². The molecule has 1 fully saturated rings. The molecule has 0 N–H and O–H groups in total. The van der Waals surface area contributed by atoms with E-state index < -0.39 is 19.2 Å². The number of aromatic nitrogens is 2. The van der Waals surface area contributed by atoms with Gasteiger partial charge in [0.25, 0.3) is 5.69 Å². The van der Waals surface area contributed by atoms with Crippen molar-refractivity contribution >= 4 is 35.8 Å². The molecule has 1 heterocycles. The highest BCUT2D eigenvalue weighted by Gasteiger charge is 2.31. The van der Waals surface area contributed by atoms with Crippen molar-refractivity contribution in [2.24, 2.45) is 0 Å². The van der Waals surface area contributed by atoms with Gasteiger partial charge in [-0.3, -0.25) is 10.1 Å². The monoisotopic (exact) mass is 525 g/mol. The van der Waals surface area contributed by atoms with E-state index in [9.17, 15) is 14.9 Å². The molecule has 174 valence electrons. The van der Waals surface area contributed by atoms with E-state index in [0.717, 1.165) is 35.8 Å². The Hall–Kier alpha value is -2.24. The van der Waals surface area contributed by atoms with Crippen LogP contribution in [-0.4, -0.2) is 41.6 Å². The number of nitrogens with zero attached hydrogens (tertiary/aromatic N) is 3. The van der Waals surface area contributed by atoms with Gasteiger partial charge in [-0.2, -0.15) is 5.10 Å². The Morgan fingerprint density at radius 3 is 2.66 bits per heavy atom. The van der Waals surface area contributed by atoms with Crippen LogP contribution in [0.1, 0.15) is 30.9 Å². The molecule has 0 aliphatic heterocycles. The van der Waals surface area contributed by atoms with E-state index in [1.54, 1.807) is 0 Å². The Morgan fingerprint density at radius 1 is 1.28 bits per heavy atom. The Bertz CT molecular complexity index is 944. The highest BCUT2D eigenvalue weighted by Crippen LogP contribution is 2.37. The zero-order valence-electron chi connectivity index (χ0n) is 18.5. The maximum absolute atomic E-state index is 12.1. The van der Waals surface area contributed by atoms with E-state index in [1.165, 1.54) is 24.3 Å². The molecule has 0 saturated heterocycles. The average Bonchev–Trinajstić information content (AvgIpc) is 3.31. The molecule has 3 rings (SSSR count). The summed E-state index contributed by atoms with van der Waals surface area (Å²) in [6, 6.07) is 8.38. The van der Waals surface area contributed by atoms with Gasteiger partial charge in [-0.25, -0.2) is 9.48 Å². The summed E-state index contributed by atoms with van der Waals surface area (Å²) in [6.45, 7) is 8.07. The van der Waals surface area contributed by atoms with Crippen molar-refractivity contribution in [3.05, 3.63) is 50.7 Å². The minimum atomic E-state index is -1.14. The zero-order chi connectivity index (χ0) is 23.3. The van der Waals surface area contributed by atoms with E-state index in [1.807, 2.05) is 10.7 Å². The molecule has 1 saturated carbocycles. The van der Waals surface area contributed by atoms with Gasteiger partial charge in [0.2, 0.25) is 0 Å². The Morgan fingerprint density at radius 2 is 2.00 bits per heavy atom. The van der Waals surface area contributed by atoms with Crippen molar-refractivity contribution < 1.29 is 23.9 Å². The first-order valence-corrected chi connectivity index (χ1v) is 15.0. The first-order chi connectivity index (χ1) is 15.1. The lowest BCUT2D eigenvalue weighted by molar-refractivity contribution is -0.384. The lowest BCUT2D eigenvalue weighted by atomic mass is 10.0. The van der Waals surface area contributed by atoms with Crippen LogP contribution >= 0.6 is 15.9 Å². The van der Waals surface area contributed by atoms with Crippen LogP contribution in [0, 0.1) is 10.1 Å². The summed E-state index contributed by atoms with van der Waals surface area (Å²) in [5.74, 6) is 0.402. The lowest BCUT2D eigenvalue weighted by Gasteiger charge is -2.17. The molecule has 32 heavy (non-hydrogen) atoms. The lowest BCUT2D eigenvalue weighted by Crippen LogP contribution is -2.22. The fourth-order valence-electron chi connectivity index (χ4n) is 3.57. The van der Waals surface area contributed by atoms with Gasteiger partial charge in [-0.05, 0) is 59.4 Å².